The van der Waals surface area contributed by atoms with Gasteiger partial charge in [-0.2, -0.15) is 4.98 Å². The van der Waals surface area contributed by atoms with Gasteiger partial charge in [-0.1, -0.05) is 18.7 Å². The van der Waals surface area contributed by atoms with Gasteiger partial charge in [0.05, 0.1) is 18.9 Å². The van der Waals surface area contributed by atoms with E-state index >= 15 is 0 Å². The third-order valence-corrected chi connectivity index (χ3v) is 6.25. The Morgan fingerprint density at radius 1 is 1.28 bits per heavy atom. The fourth-order valence-electron chi connectivity index (χ4n) is 3.68. The maximum Gasteiger partial charge on any atom is 0.348 e. The molecule has 1 amide bonds. The van der Waals surface area contributed by atoms with Crippen LogP contribution in [0.3, 0.4) is 0 Å². The van der Waals surface area contributed by atoms with E-state index in [1.807, 2.05) is 4.90 Å². The molecule has 0 aromatic carbocycles. The summed E-state index contributed by atoms with van der Waals surface area (Å²) < 4.78 is 1.60. The number of piperidine rings is 1. The van der Waals surface area contributed by atoms with Crippen molar-refractivity contribution < 1.29 is 9.90 Å². The molecule has 1 fully saturated rings. The lowest BCUT2D eigenvalue weighted by Gasteiger charge is -2.30. The van der Waals surface area contributed by atoms with Crippen LogP contribution in [-0.4, -0.2) is 50.9 Å². The molecule has 0 atom stereocenters. The van der Waals surface area contributed by atoms with Gasteiger partial charge in [0.2, 0.25) is 5.91 Å². The van der Waals surface area contributed by atoms with E-state index in [2.05, 4.69) is 11.9 Å². The van der Waals surface area contributed by atoms with Gasteiger partial charge in [-0.05, 0) is 44.4 Å². The molecule has 0 saturated carbocycles. The van der Waals surface area contributed by atoms with E-state index in [-0.39, 0.29) is 18.2 Å². The maximum absolute atomic E-state index is 12.5. The zero-order valence-corrected chi connectivity index (χ0v) is 15.7. The Hall–Kier alpha value is -1.34. The molecular weight excluding hydrogens is 338 g/mol. The minimum atomic E-state index is -0.309. The van der Waals surface area contributed by atoms with Crippen molar-refractivity contribution in [2.75, 3.05) is 25.4 Å². The first kappa shape index (κ1) is 18.5. The van der Waals surface area contributed by atoms with Gasteiger partial charge in [-0.3, -0.25) is 9.36 Å². The number of thioether (sulfide) groups is 1. The Balaban J connectivity index is 1.73. The highest BCUT2D eigenvalue weighted by Crippen LogP contribution is 2.29. The number of fused-ring (bicyclic) bond motifs is 1. The Bertz CT molecular complexity index is 681. The fraction of sp³-hybridized carbons (Fsp3) is 0.722. The van der Waals surface area contributed by atoms with Crippen molar-refractivity contribution >= 4 is 17.7 Å². The summed E-state index contributed by atoms with van der Waals surface area (Å²) in [7, 11) is 0. The average molecular weight is 365 g/mol. The summed E-state index contributed by atoms with van der Waals surface area (Å²) in [6, 6.07) is 0. The van der Waals surface area contributed by atoms with Gasteiger partial charge in [0, 0.05) is 24.3 Å². The highest BCUT2D eigenvalue weighted by atomic mass is 32.2. The first-order valence-corrected chi connectivity index (χ1v) is 10.2. The van der Waals surface area contributed by atoms with Crippen LogP contribution >= 0.6 is 11.8 Å². The molecule has 0 spiro atoms. The van der Waals surface area contributed by atoms with Gasteiger partial charge in [0.15, 0.2) is 0 Å². The zero-order chi connectivity index (χ0) is 17.8. The van der Waals surface area contributed by atoms with Crippen molar-refractivity contribution in [2.24, 2.45) is 5.92 Å². The summed E-state index contributed by atoms with van der Waals surface area (Å²) in [5.74, 6) is 1.18. The van der Waals surface area contributed by atoms with Crippen LogP contribution in [-0.2, 0) is 24.2 Å². The van der Waals surface area contributed by atoms with E-state index in [0.717, 1.165) is 62.9 Å². The Morgan fingerprint density at radius 3 is 2.72 bits per heavy atom. The number of likely N-dealkylation sites (tertiary alicyclic amines) is 1. The van der Waals surface area contributed by atoms with Crippen molar-refractivity contribution in [2.45, 2.75) is 57.0 Å². The molecule has 1 aromatic heterocycles. The Labute approximate surface area is 152 Å². The monoisotopic (exact) mass is 365 g/mol. The summed E-state index contributed by atoms with van der Waals surface area (Å²) >= 11 is 1.40. The number of aliphatic hydroxyl groups excluding tert-OH is 1. The van der Waals surface area contributed by atoms with Crippen molar-refractivity contribution in [3.8, 4) is 0 Å². The van der Waals surface area contributed by atoms with E-state index in [1.165, 1.54) is 11.8 Å². The second-order valence-electron chi connectivity index (χ2n) is 7.06. The van der Waals surface area contributed by atoms with E-state index in [9.17, 15) is 14.7 Å². The van der Waals surface area contributed by atoms with Crippen LogP contribution in [0.25, 0.3) is 0 Å². The molecule has 3 rings (SSSR count). The van der Waals surface area contributed by atoms with Crippen LogP contribution in [0, 0.1) is 5.92 Å². The quantitative estimate of drug-likeness (QED) is 0.632. The van der Waals surface area contributed by atoms with E-state index in [0.29, 0.717) is 23.2 Å². The zero-order valence-electron chi connectivity index (χ0n) is 14.9. The third-order valence-electron chi connectivity index (χ3n) is 5.24. The number of carbonyl (C=O) groups excluding carboxylic acids is 1. The molecule has 1 N–H and O–H groups in total. The standard InChI is InChI=1S/C18H27N3O3S/c1-13-6-8-20(9-7-13)16(23)12-25-17-14-4-2-3-5-15(14)21(10-11-22)18(24)19-17/h13,22H,2-12H2,1H3. The van der Waals surface area contributed by atoms with Crippen LogP contribution in [0.1, 0.15) is 43.9 Å². The van der Waals surface area contributed by atoms with Gasteiger partial charge in [-0.15, -0.1) is 0 Å². The number of aliphatic hydroxyl groups is 1. The second-order valence-corrected chi connectivity index (χ2v) is 8.02. The SMILES string of the molecule is CC1CCN(C(=O)CSc2nc(=O)n(CCO)c3c2CCCC3)CC1. The number of aromatic nitrogens is 2. The first-order chi connectivity index (χ1) is 12.1. The molecule has 6 nitrogen and oxygen atoms in total. The van der Waals surface area contributed by atoms with Crippen molar-refractivity contribution in [1.82, 2.24) is 14.5 Å². The molecule has 1 aromatic rings. The van der Waals surface area contributed by atoms with E-state index in [1.54, 1.807) is 4.57 Å². The van der Waals surface area contributed by atoms with Crippen molar-refractivity contribution in [3.63, 3.8) is 0 Å². The second kappa shape index (κ2) is 8.36. The van der Waals surface area contributed by atoms with Crippen LogP contribution in [0.4, 0.5) is 0 Å². The Kier molecular flexibility index (Phi) is 6.17. The number of hydrogen-bond donors (Lipinski definition) is 1. The number of nitrogens with zero attached hydrogens (tertiary/aromatic N) is 3. The van der Waals surface area contributed by atoms with Gasteiger partial charge in [0.1, 0.15) is 5.03 Å². The van der Waals surface area contributed by atoms with Gasteiger partial charge in [-0.25, -0.2) is 4.79 Å². The van der Waals surface area contributed by atoms with Gasteiger partial charge in [0.25, 0.3) is 0 Å². The first-order valence-electron chi connectivity index (χ1n) is 9.24. The average Bonchev–Trinajstić information content (AvgIpc) is 2.63. The lowest BCUT2D eigenvalue weighted by atomic mass is 9.97. The molecule has 0 unspecified atom stereocenters. The van der Waals surface area contributed by atoms with E-state index in [4.69, 9.17) is 0 Å². The number of amides is 1. The topological polar surface area (TPSA) is 75.4 Å². The molecule has 2 aliphatic rings. The number of carbonyl (C=O) groups is 1. The molecule has 138 valence electrons. The van der Waals surface area contributed by atoms with Gasteiger partial charge < -0.3 is 10.0 Å². The number of rotatable bonds is 5. The molecular formula is C18H27N3O3S. The summed E-state index contributed by atoms with van der Waals surface area (Å²) in [5.41, 5.74) is 1.79. The van der Waals surface area contributed by atoms with Crippen molar-refractivity contribution in [3.05, 3.63) is 21.7 Å². The predicted molar refractivity (Wildman–Crippen MR) is 97.9 cm³/mol. The highest BCUT2D eigenvalue weighted by Gasteiger charge is 2.23. The molecule has 1 aliphatic heterocycles. The minimum absolute atomic E-state index is 0.0631. The third kappa shape index (κ3) is 4.26. The van der Waals surface area contributed by atoms with E-state index < -0.39 is 0 Å². The highest BCUT2D eigenvalue weighted by molar-refractivity contribution is 7.99. The largest absolute Gasteiger partial charge is 0.395 e. The molecule has 0 radical (unpaired) electrons. The summed E-state index contributed by atoms with van der Waals surface area (Å²) in [4.78, 5) is 30.9. The molecule has 0 bridgehead atoms. The summed E-state index contributed by atoms with van der Waals surface area (Å²) in [6.45, 7) is 4.14. The molecule has 7 heteroatoms. The minimum Gasteiger partial charge on any atom is -0.395 e. The molecule has 1 saturated heterocycles. The summed E-state index contributed by atoms with van der Waals surface area (Å²) in [6.07, 6.45) is 6.02. The predicted octanol–water partition coefficient (Wildman–Crippen LogP) is 1.46. The van der Waals surface area contributed by atoms with Gasteiger partial charge >= 0.3 is 5.69 Å². The van der Waals surface area contributed by atoms with Crippen molar-refractivity contribution in [1.29, 1.82) is 0 Å². The maximum atomic E-state index is 12.5. The van der Waals surface area contributed by atoms with Crippen LogP contribution < -0.4 is 5.69 Å². The lowest BCUT2D eigenvalue weighted by molar-refractivity contribution is -0.129. The smallest absolute Gasteiger partial charge is 0.348 e. The fourth-order valence-corrected chi connectivity index (χ4v) is 4.66. The normalized spacial score (nSPS) is 18.2. The summed E-state index contributed by atoms with van der Waals surface area (Å²) in [5, 5.41) is 9.93. The molecule has 1 aliphatic carbocycles. The Morgan fingerprint density at radius 2 is 2.00 bits per heavy atom. The lowest BCUT2D eigenvalue weighted by Crippen LogP contribution is -2.39. The molecule has 2 heterocycles. The van der Waals surface area contributed by atoms with Crippen LogP contribution in [0.2, 0.25) is 0 Å². The molecule has 25 heavy (non-hydrogen) atoms. The number of hydrogen-bond acceptors (Lipinski definition) is 5. The van der Waals surface area contributed by atoms with Crippen LogP contribution in [0.5, 0.6) is 0 Å². The van der Waals surface area contributed by atoms with Crippen LogP contribution in [0.15, 0.2) is 9.82 Å².